The van der Waals surface area contributed by atoms with Gasteiger partial charge in [0.1, 0.15) is 22.8 Å². The molecule has 1 saturated heterocycles. The number of primary amides is 1. The fourth-order valence-electron chi connectivity index (χ4n) is 6.71. The molecule has 3 aliphatic carbocycles. The third kappa shape index (κ3) is 3.48. The molecule has 1 aliphatic heterocycles. The molecule has 1 unspecified atom stereocenters. The van der Waals surface area contributed by atoms with Crippen molar-refractivity contribution in [1.82, 2.24) is 10.2 Å². The highest BCUT2D eigenvalue weighted by atomic mass is 16.3. The van der Waals surface area contributed by atoms with Crippen LogP contribution >= 0.6 is 0 Å². The van der Waals surface area contributed by atoms with Crippen LogP contribution in [0.2, 0.25) is 0 Å². The van der Waals surface area contributed by atoms with Gasteiger partial charge in [-0.05, 0) is 74.8 Å². The largest absolute Gasteiger partial charge is 0.510 e. The van der Waals surface area contributed by atoms with Crippen molar-refractivity contribution in [3.05, 3.63) is 45.7 Å². The minimum atomic E-state index is -1.24. The van der Waals surface area contributed by atoms with E-state index in [1.165, 1.54) is 0 Å². The lowest BCUT2D eigenvalue weighted by molar-refractivity contribution is -0.135. The monoisotopic (exact) mass is 481 g/mol. The van der Waals surface area contributed by atoms with Gasteiger partial charge in [-0.3, -0.25) is 19.3 Å². The van der Waals surface area contributed by atoms with Crippen LogP contribution in [0.4, 0.5) is 0 Å². The van der Waals surface area contributed by atoms with Crippen molar-refractivity contribution in [1.29, 1.82) is 0 Å². The number of nitrogens with two attached hydrogens (primary N) is 1. The number of carbonyl (C=O) groups excluding carboxylic acids is 3. The number of allylic oxidation sites excluding steroid dienone is 1. The van der Waals surface area contributed by atoms with E-state index in [0.29, 0.717) is 19.4 Å². The van der Waals surface area contributed by atoms with Gasteiger partial charge in [0.25, 0.3) is 5.91 Å². The van der Waals surface area contributed by atoms with E-state index in [9.17, 15) is 29.7 Å². The van der Waals surface area contributed by atoms with Gasteiger partial charge in [0.05, 0.1) is 17.5 Å². The molecule has 1 amide bonds. The standard InChI is InChI=1S/C26H31N3O6/c1-3-28-21-14-9-13-8-12-7-11(15-5-4-6-29(15)2)10-16(30)17(12)22(31)18(13)23(32)19(14)24(33)20(25(21)34)26(27)35/h7,10,13-15,19,21,28,30-31,34H,3-6,8-9H2,1-2H3,(H2,27,35)/t13-,14+,15?,19+,21-/m0/s1. The zero-order chi connectivity index (χ0) is 25.2. The molecule has 35 heavy (non-hydrogen) atoms. The molecule has 4 aliphatic rings. The lowest BCUT2D eigenvalue weighted by Gasteiger charge is -2.44. The van der Waals surface area contributed by atoms with E-state index < -0.39 is 46.7 Å². The molecule has 0 aromatic heterocycles. The van der Waals surface area contributed by atoms with Gasteiger partial charge < -0.3 is 26.4 Å². The van der Waals surface area contributed by atoms with Gasteiger partial charge in [0.15, 0.2) is 11.6 Å². The Balaban J connectivity index is 1.60. The predicted molar refractivity (Wildman–Crippen MR) is 127 cm³/mol. The number of nitrogens with zero attached hydrogens (tertiary/aromatic N) is 1. The molecule has 6 N–H and O–H groups in total. The number of likely N-dealkylation sites (tertiary alicyclic amines) is 1. The number of hydrogen-bond donors (Lipinski definition) is 5. The number of benzene rings is 1. The number of nitrogens with one attached hydrogen (secondary N) is 1. The summed E-state index contributed by atoms with van der Waals surface area (Å²) in [5.41, 5.74) is 6.89. The maximum Gasteiger partial charge on any atom is 0.255 e. The smallest absolute Gasteiger partial charge is 0.255 e. The Kier molecular flexibility index (Phi) is 5.72. The van der Waals surface area contributed by atoms with E-state index in [4.69, 9.17) is 5.73 Å². The summed E-state index contributed by atoms with van der Waals surface area (Å²) in [6.07, 6.45) is 2.82. The summed E-state index contributed by atoms with van der Waals surface area (Å²) in [6, 6.07) is 3.06. The fourth-order valence-corrected chi connectivity index (χ4v) is 6.71. The second-order valence-electron chi connectivity index (χ2n) is 10.1. The minimum absolute atomic E-state index is 0.0907. The van der Waals surface area contributed by atoms with E-state index in [1.807, 2.05) is 20.0 Å². The first-order valence-electron chi connectivity index (χ1n) is 12.2. The molecule has 0 spiro atoms. The van der Waals surface area contributed by atoms with Crippen LogP contribution in [0, 0.1) is 17.8 Å². The molecular formula is C26H31N3O6. The van der Waals surface area contributed by atoms with Crippen LogP contribution in [0.15, 0.2) is 29.0 Å². The Bertz CT molecular complexity index is 1200. The highest BCUT2D eigenvalue weighted by Crippen LogP contribution is 2.50. The van der Waals surface area contributed by atoms with Gasteiger partial charge in [0, 0.05) is 11.6 Å². The fraction of sp³-hybridized carbons (Fsp3) is 0.500. The topological polar surface area (TPSA) is 153 Å². The maximum absolute atomic E-state index is 13.7. The Morgan fingerprint density at radius 3 is 2.57 bits per heavy atom. The molecule has 1 aromatic rings. The van der Waals surface area contributed by atoms with Gasteiger partial charge >= 0.3 is 0 Å². The lowest BCUT2D eigenvalue weighted by Crippen LogP contribution is -2.55. The lowest BCUT2D eigenvalue weighted by atomic mass is 9.59. The van der Waals surface area contributed by atoms with E-state index in [2.05, 4.69) is 10.2 Å². The van der Waals surface area contributed by atoms with E-state index in [1.54, 1.807) is 6.07 Å². The minimum Gasteiger partial charge on any atom is -0.510 e. The van der Waals surface area contributed by atoms with Crippen LogP contribution in [-0.2, 0) is 20.8 Å². The van der Waals surface area contributed by atoms with Gasteiger partial charge in [0.2, 0.25) is 0 Å². The Morgan fingerprint density at radius 2 is 1.94 bits per heavy atom. The quantitative estimate of drug-likeness (QED) is 0.321. The molecular weight excluding hydrogens is 450 g/mol. The van der Waals surface area contributed by atoms with Crippen LogP contribution in [0.5, 0.6) is 5.75 Å². The summed E-state index contributed by atoms with van der Waals surface area (Å²) in [5, 5.41) is 35.9. The summed E-state index contributed by atoms with van der Waals surface area (Å²) in [6.45, 7) is 3.24. The summed E-state index contributed by atoms with van der Waals surface area (Å²) in [5.74, 6) is -5.50. The molecule has 186 valence electrons. The van der Waals surface area contributed by atoms with E-state index in [-0.39, 0.29) is 34.6 Å². The number of amides is 1. The highest BCUT2D eigenvalue weighted by molar-refractivity contribution is 6.28. The summed E-state index contributed by atoms with van der Waals surface area (Å²) < 4.78 is 0. The van der Waals surface area contributed by atoms with Crippen molar-refractivity contribution in [2.24, 2.45) is 23.5 Å². The second kappa shape index (κ2) is 8.49. The average molecular weight is 482 g/mol. The van der Waals surface area contributed by atoms with Gasteiger partial charge in [-0.25, -0.2) is 0 Å². The molecule has 1 saturated carbocycles. The zero-order valence-electron chi connectivity index (χ0n) is 19.9. The number of ketones is 2. The normalized spacial score (nSPS) is 30.9. The van der Waals surface area contributed by atoms with Crippen molar-refractivity contribution in [3.8, 4) is 5.75 Å². The number of hydrogen-bond acceptors (Lipinski definition) is 8. The maximum atomic E-state index is 13.7. The number of aliphatic hydroxyl groups is 2. The third-order valence-electron chi connectivity index (χ3n) is 8.20. The van der Waals surface area contributed by atoms with Gasteiger partial charge in [-0.2, -0.15) is 0 Å². The zero-order valence-corrected chi connectivity index (χ0v) is 19.9. The van der Waals surface area contributed by atoms with Crippen molar-refractivity contribution >= 4 is 23.2 Å². The number of fused-ring (bicyclic) bond motifs is 3. The number of Topliss-reactive ketones (excluding diaryl/α,β-unsaturated/α-hetero) is 2. The molecule has 9 nitrogen and oxygen atoms in total. The van der Waals surface area contributed by atoms with Gasteiger partial charge in [-0.15, -0.1) is 0 Å². The number of carbonyl (C=O) groups is 3. The molecule has 0 radical (unpaired) electrons. The number of rotatable bonds is 4. The molecule has 9 heteroatoms. The van der Waals surface area contributed by atoms with Crippen molar-refractivity contribution in [3.63, 3.8) is 0 Å². The van der Waals surface area contributed by atoms with Gasteiger partial charge in [-0.1, -0.05) is 13.0 Å². The first kappa shape index (κ1) is 23.6. The van der Waals surface area contributed by atoms with Crippen LogP contribution in [0.1, 0.15) is 48.9 Å². The Morgan fingerprint density at radius 1 is 1.20 bits per heavy atom. The van der Waals surface area contributed by atoms with E-state index in [0.717, 1.165) is 30.5 Å². The summed E-state index contributed by atoms with van der Waals surface area (Å²) >= 11 is 0. The van der Waals surface area contributed by atoms with Crippen LogP contribution in [0.25, 0.3) is 5.76 Å². The summed E-state index contributed by atoms with van der Waals surface area (Å²) in [7, 11) is 2.05. The summed E-state index contributed by atoms with van der Waals surface area (Å²) in [4.78, 5) is 41.0. The SMILES string of the molecule is CCN[C@@H]1C(O)=C(C(N)=O)C(=O)[C@H]2C(=O)C3=C(O)c4c(O)cc(C5CCCN5C)cc4C[C@H]3C[C@H]21. The highest BCUT2D eigenvalue weighted by Gasteiger charge is 2.55. The first-order valence-corrected chi connectivity index (χ1v) is 12.2. The molecule has 0 bridgehead atoms. The molecule has 1 heterocycles. The first-order chi connectivity index (χ1) is 16.6. The van der Waals surface area contributed by atoms with Crippen molar-refractivity contribution in [2.45, 2.75) is 44.7 Å². The molecule has 5 atom stereocenters. The van der Waals surface area contributed by atoms with Crippen LogP contribution < -0.4 is 11.1 Å². The number of phenols is 1. The van der Waals surface area contributed by atoms with Crippen LogP contribution in [0.3, 0.4) is 0 Å². The second-order valence-corrected chi connectivity index (χ2v) is 10.1. The Labute approximate surface area is 203 Å². The molecule has 2 fully saturated rings. The number of aliphatic hydroxyl groups excluding tert-OH is 2. The predicted octanol–water partition coefficient (Wildman–Crippen LogP) is 1.66. The number of phenolic OH excluding ortho intramolecular Hbond substituents is 1. The number of likely N-dealkylation sites (N-methyl/N-ethyl adjacent to an activating group) is 1. The Hall–Kier alpha value is -3.17. The number of aromatic hydroxyl groups is 1. The average Bonchev–Trinajstić information content (AvgIpc) is 3.21. The molecule has 5 rings (SSSR count). The van der Waals surface area contributed by atoms with Crippen LogP contribution in [-0.4, -0.2) is 63.9 Å². The van der Waals surface area contributed by atoms with E-state index >= 15 is 0 Å². The molecule has 1 aromatic carbocycles. The van der Waals surface area contributed by atoms with Crippen molar-refractivity contribution < 1.29 is 29.7 Å². The van der Waals surface area contributed by atoms with Crippen molar-refractivity contribution in [2.75, 3.05) is 20.1 Å². The third-order valence-corrected chi connectivity index (χ3v) is 8.20.